The number of rotatable bonds is 9. The second kappa shape index (κ2) is 18.4. The van der Waals surface area contributed by atoms with E-state index in [9.17, 15) is 28.8 Å². The van der Waals surface area contributed by atoms with Gasteiger partial charge in [-0.1, -0.05) is 28.2 Å². The third-order valence-electron chi connectivity index (χ3n) is 3.86. The molecule has 0 bridgehead atoms. The van der Waals surface area contributed by atoms with Gasteiger partial charge in [0.2, 0.25) is 0 Å². The Morgan fingerprint density at radius 3 is 0.643 bits per heavy atom. The third-order valence-corrected chi connectivity index (χ3v) is 3.86. The zero-order valence-electron chi connectivity index (χ0n) is 18.3. The van der Waals surface area contributed by atoms with Gasteiger partial charge in [-0.15, -0.1) is 0 Å². The fourth-order valence-electron chi connectivity index (χ4n) is 1.72. The van der Waals surface area contributed by atoms with Crippen molar-refractivity contribution < 1.29 is 28.8 Å². The lowest BCUT2D eigenvalue weighted by molar-refractivity contribution is -0.125. The molecule has 0 aliphatic rings. The zero-order valence-corrected chi connectivity index (χ0v) is 18.3. The molecule has 0 spiro atoms. The smallest absolute Gasteiger partial charge is 0.133 e. The molecule has 0 aromatic rings. The molecule has 0 aliphatic carbocycles. The number of Topliss-reactive ketones (excluding diaryl/α,β-unsaturated/α-hetero) is 6. The monoisotopic (exact) mass is 400 g/mol. The Morgan fingerprint density at radius 1 is 0.464 bits per heavy atom. The van der Waals surface area contributed by atoms with Gasteiger partial charge in [0.05, 0.1) is 0 Å². The van der Waals surface area contributed by atoms with E-state index in [1.54, 1.807) is 20.8 Å². The molecule has 1 unspecified atom stereocenters. The molecule has 0 aromatic heterocycles. The largest absolute Gasteiger partial charge is 0.300 e. The second-order valence-electron chi connectivity index (χ2n) is 7.25. The summed E-state index contributed by atoms with van der Waals surface area (Å²) in [6.07, 6.45) is 1.15. The molecule has 0 amide bonds. The first-order valence-corrected chi connectivity index (χ1v) is 9.11. The number of carbonyl (C=O) groups is 6. The van der Waals surface area contributed by atoms with E-state index in [0.29, 0.717) is 19.3 Å². The predicted molar refractivity (Wildman–Crippen MR) is 112 cm³/mol. The van der Waals surface area contributed by atoms with Gasteiger partial charge in [-0.05, 0) is 41.5 Å². The Kier molecular flexibility index (Phi) is 22.1. The summed E-state index contributed by atoms with van der Waals surface area (Å²) >= 11 is 0. The normalized spacial score (nSPS) is 12.3. The van der Waals surface area contributed by atoms with Crippen LogP contribution in [0.4, 0.5) is 0 Å². The SMILES string of the molecule is C.CC(=O)CC(C)C(C)=O.CC(=O)C[C@@H](C)C(C)=O.CC(=O)C[C@H](C)C(C)=O. The van der Waals surface area contributed by atoms with Crippen LogP contribution in [0.15, 0.2) is 0 Å². The first kappa shape index (κ1) is 33.6. The molecule has 0 saturated carbocycles. The summed E-state index contributed by atoms with van der Waals surface area (Å²) in [4.78, 5) is 62.8. The number of carbonyl (C=O) groups excluding carboxylic acids is 6. The molecule has 0 aliphatic heterocycles. The van der Waals surface area contributed by atoms with Crippen LogP contribution in [0.2, 0.25) is 0 Å². The van der Waals surface area contributed by atoms with Crippen molar-refractivity contribution >= 4 is 34.7 Å². The zero-order chi connectivity index (χ0) is 22.3. The summed E-state index contributed by atoms with van der Waals surface area (Å²) in [5.41, 5.74) is 0. The summed E-state index contributed by atoms with van der Waals surface area (Å²) in [5.74, 6) is 0.223. The Labute approximate surface area is 170 Å². The van der Waals surface area contributed by atoms with Gasteiger partial charge < -0.3 is 14.4 Å². The lowest BCUT2D eigenvalue weighted by atomic mass is 10.0. The van der Waals surface area contributed by atoms with E-state index in [-0.39, 0.29) is 59.9 Å². The Balaban J connectivity index is -0.000000152. The van der Waals surface area contributed by atoms with Gasteiger partial charge in [-0.2, -0.15) is 0 Å². The standard InChI is InChI=1S/3C7H12O2.CH4/c3*1-5(7(3)9)4-6(2)8;/h3*5H,4H2,1-3H3;1H4/t2*5-;;/m10../s1. The van der Waals surface area contributed by atoms with Crippen LogP contribution in [-0.4, -0.2) is 34.7 Å². The molecule has 0 heterocycles. The van der Waals surface area contributed by atoms with Crippen molar-refractivity contribution in [3.8, 4) is 0 Å². The molecule has 0 radical (unpaired) electrons. The molecule has 6 heteroatoms. The van der Waals surface area contributed by atoms with Gasteiger partial charge in [0, 0.05) is 37.0 Å². The van der Waals surface area contributed by atoms with Crippen LogP contribution in [0.3, 0.4) is 0 Å². The molecule has 3 atom stereocenters. The van der Waals surface area contributed by atoms with E-state index in [2.05, 4.69) is 0 Å². The summed E-state index contributed by atoms with van der Waals surface area (Å²) in [5, 5.41) is 0. The highest BCUT2D eigenvalue weighted by Crippen LogP contribution is 2.03. The molecule has 164 valence electrons. The highest BCUT2D eigenvalue weighted by Gasteiger charge is 2.10. The summed E-state index contributed by atoms with van der Waals surface area (Å²) in [6.45, 7) is 14.3. The molecule has 0 rings (SSSR count). The minimum atomic E-state index is -0.0949. The van der Waals surface area contributed by atoms with Gasteiger partial charge >= 0.3 is 0 Å². The summed E-state index contributed by atoms with van der Waals surface area (Å²) < 4.78 is 0. The Morgan fingerprint density at radius 2 is 0.607 bits per heavy atom. The van der Waals surface area contributed by atoms with Crippen molar-refractivity contribution in [1.29, 1.82) is 0 Å². The van der Waals surface area contributed by atoms with E-state index < -0.39 is 0 Å². The van der Waals surface area contributed by atoms with Crippen LogP contribution in [0.25, 0.3) is 0 Å². The van der Waals surface area contributed by atoms with Crippen molar-refractivity contribution in [2.24, 2.45) is 17.8 Å². The molecule has 0 fully saturated rings. The maximum Gasteiger partial charge on any atom is 0.133 e. The van der Waals surface area contributed by atoms with Gasteiger partial charge in [-0.3, -0.25) is 14.4 Å². The van der Waals surface area contributed by atoms with Crippen molar-refractivity contribution in [3.63, 3.8) is 0 Å². The highest BCUT2D eigenvalue weighted by molar-refractivity contribution is 5.86. The number of hydrogen-bond donors (Lipinski definition) is 0. The van der Waals surface area contributed by atoms with E-state index in [1.807, 2.05) is 0 Å². The first-order chi connectivity index (χ1) is 12.1. The molecule has 6 nitrogen and oxygen atoms in total. The fraction of sp³-hybridized carbons (Fsp3) is 0.727. The topological polar surface area (TPSA) is 102 Å². The average molecular weight is 401 g/mol. The second-order valence-corrected chi connectivity index (χ2v) is 7.25. The minimum Gasteiger partial charge on any atom is -0.300 e. The molecule has 0 N–H and O–H groups in total. The van der Waals surface area contributed by atoms with Crippen LogP contribution < -0.4 is 0 Å². The lowest BCUT2D eigenvalue weighted by Gasteiger charge is -2.01. The van der Waals surface area contributed by atoms with Gasteiger partial charge in [-0.25, -0.2) is 0 Å². The quantitative estimate of drug-likeness (QED) is 0.574. The fourth-order valence-corrected chi connectivity index (χ4v) is 1.72. The maximum atomic E-state index is 10.5. The average Bonchev–Trinajstić information content (AvgIpc) is 2.46. The number of ketones is 6. The van der Waals surface area contributed by atoms with Crippen molar-refractivity contribution in [3.05, 3.63) is 0 Å². The molecule has 0 saturated heterocycles. The van der Waals surface area contributed by atoms with Crippen LogP contribution in [-0.2, 0) is 28.8 Å². The van der Waals surface area contributed by atoms with Gasteiger partial charge in [0.1, 0.15) is 34.7 Å². The summed E-state index contributed by atoms with van der Waals surface area (Å²) in [7, 11) is 0. The van der Waals surface area contributed by atoms with Crippen LogP contribution in [0, 0.1) is 17.8 Å². The Bertz CT molecular complexity index is 457. The van der Waals surface area contributed by atoms with Gasteiger partial charge in [0.15, 0.2) is 0 Å². The highest BCUT2D eigenvalue weighted by atomic mass is 16.1. The van der Waals surface area contributed by atoms with E-state index in [4.69, 9.17) is 0 Å². The number of hydrogen-bond acceptors (Lipinski definition) is 6. The van der Waals surface area contributed by atoms with Gasteiger partial charge in [0.25, 0.3) is 0 Å². The molecule has 28 heavy (non-hydrogen) atoms. The minimum absolute atomic E-state index is 0. The lowest BCUT2D eigenvalue weighted by Crippen LogP contribution is -2.09. The molecular weight excluding hydrogens is 360 g/mol. The van der Waals surface area contributed by atoms with Crippen molar-refractivity contribution in [1.82, 2.24) is 0 Å². The van der Waals surface area contributed by atoms with E-state index >= 15 is 0 Å². The van der Waals surface area contributed by atoms with Crippen LogP contribution in [0.1, 0.15) is 89.0 Å². The van der Waals surface area contributed by atoms with Crippen molar-refractivity contribution in [2.75, 3.05) is 0 Å². The maximum absolute atomic E-state index is 10.5. The summed E-state index contributed by atoms with van der Waals surface area (Å²) in [6, 6.07) is 0. The first-order valence-electron chi connectivity index (χ1n) is 9.11. The molecule has 0 aromatic carbocycles. The van der Waals surface area contributed by atoms with Crippen LogP contribution in [0.5, 0.6) is 0 Å². The van der Waals surface area contributed by atoms with Crippen molar-refractivity contribution in [2.45, 2.75) is 89.0 Å². The van der Waals surface area contributed by atoms with E-state index in [0.717, 1.165) is 0 Å². The third kappa shape index (κ3) is 26.3. The Hall–Kier alpha value is -1.98. The molecular formula is C22H40O6. The van der Waals surface area contributed by atoms with E-state index in [1.165, 1.54) is 41.5 Å². The van der Waals surface area contributed by atoms with Crippen LogP contribution >= 0.6 is 0 Å². The predicted octanol–water partition coefficient (Wildman–Crippen LogP) is 4.21.